The largest absolute Gasteiger partial charge is 0.255 e. The van der Waals surface area contributed by atoms with Gasteiger partial charge in [0.2, 0.25) is 0 Å². The topological polar surface area (TPSA) is 36.7 Å². The quantitative estimate of drug-likeness (QED) is 0.756. The molecular weight excluding hydrogens is 196 g/mol. The summed E-state index contributed by atoms with van der Waals surface area (Å²) in [5.41, 5.74) is 3.04. The fraction of sp³-hybridized carbons (Fsp3) is 0. The monoisotopic (exact) mass is 206 g/mol. The second kappa shape index (κ2) is 4.41. The summed E-state index contributed by atoms with van der Waals surface area (Å²) in [6.45, 7) is 3.70. The Bertz CT molecular complexity index is 551. The average molecular weight is 206 g/mol. The number of hydrogen-bond donors (Lipinski definition) is 0. The molecule has 0 bridgehead atoms. The van der Waals surface area contributed by atoms with Crippen molar-refractivity contribution in [1.29, 1.82) is 5.26 Å². The highest BCUT2D eigenvalue weighted by molar-refractivity contribution is 5.72. The third kappa shape index (κ3) is 1.71. The van der Waals surface area contributed by atoms with E-state index in [-0.39, 0.29) is 0 Å². The molecule has 0 aliphatic rings. The average Bonchev–Trinajstić information content (AvgIpc) is 2.38. The highest BCUT2D eigenvalue weighted by Gasteiger charge is 2.08. The van der Waals surface area contributed by atoms with Crippen molar-refractivity contribution in [3.05, 3.63) is 60.3 Å². The van der Waals surface area contributed by atoms with Crippen molar-refractivity contribution in [2.75, 3.05) is 0 Å². The second-order valence-corrected chi connectivity index (χ2v) is 3.31. The fourth-order valence-electron chi connectivity index (χ4n) is 1.58. The summed E-state index contributed by atoms with van der Waals surface area (Å²) in [7, 11) is 0. The number of hydrogen-bond acceptors (Lipinski definition) is 2. The molecule has 76 valence electrons. The van der Waals surface area contributed by atoms with Gasteiger partial charge in [0, 0.05) is 11.8 Å². The molecule has 0 unspecified atom stereocenters. The second-order valence-electron chi connectivity index (χ2n) is 3.31. The van der Waals surface area contributed by atoms with Crippen LogP contribution in [0.4, 0.5) is 0 Å². The maximum atomic E-state index is 9.15. The van der Waals surface area contributed by atoms with Crippen molar-refractivity contribution in [2.24, 2.45) is 0 Å². The zero-order valence-corrected chi connectivity index (χ0v) is 8.72. The SMILES string of the molecule is C=Cc1ccnc(-c2ccccc2)c1C#N. The van der Waals surface area contributed by atoms with Crippen molar-refractivity contribution in [3.63, 3.8) is 0 Å². The van der Waals surface area contributed by atoms with Crippen LogP contribution in [0.15, 0.2) is 49.2 Å². The number of aromatic nitrogens is 1. The molecule has 2 aromatic rings. The molecule has 0 saturated heterocycles. The molecule has 0 radical (unpaired) electrons. The van der Waals surface area contributed by atoms with Crippen LogP contribution in [0.2, 0.25) is 0 Å². The van der Waals surface area contributed by atoms with Crippen LogP contribution in [-0.4, -0.2) is 4.98 Å². The third-order valence-electron chi connectivity index (χ3n) is 2.36. The number of pyridine rings is 1. The molecule has 0 fully saturated rings. The Morgan fingerprint density at radius 3 is 2.56 bits per heavy atom. The van der Waals surface area contributed by atoms with E-state index >= 15 is 0 Å². The number of nitriles is 1. The van der Waals surface area contributed by atoms with Gasteiger partial charge in [0.05, 0.1) is 11.3 Å². The van der Waals surface area contributed by atoms with Gasteiger partial charge in [-0.3, -0.25) is 4.98 Å². The fourth-order valence-corrected chi connectivity index (χ4v) is 1.58. The Balaban J connectivity index is 2.67. The zero-order chi connectivity index (χ0) is 11.4. The van der Waals surface area contributed by atoms with Gasteiger partial charge in [-0.1, -0.05) is 43.0 Å². The molecule has 1 aromatic heterocycles. The molecule has 16 heavy (non-hydrogen) atoms. The van der Waals surface area contributed by atoms with Gasteiger partial charge in [-0.05, 0) is 11.6 Å². The minimum atomic E-state index is 0.573. The molecule has 0 aliphatic carbocycles. The molecule has 0 aliphatic heterocycles. The molecule has 2 rings (SSSR count). The lowest BCUT2D eigenvalue weighted by Crippen LogP contribution is -1.91. The van der Waals surface area contributed by atoms with Gasteiger partial charge in [-0.25, -0.2) is 0 Å². The highest BCUT2D eigenvalue weighted by Crippen LogP contribution is 2.23. The van der Waals surface area contributed by atoms with E-state index in [1.807, 2.05) is 30.3 Å². The Kier molecular flexibility index (Phi) is 2.79. The lowest BCUT2D eigenvalue weighted by molar-refractivity contribution is 1.29. The number of rotatable bonds is 2. The lowest BCUT2D eigenvalue weighted by atomic mass is 10.0. The smallest absolute Gasteiger partial charge is 0.102 e. The first-order valence-corrected chi connectivity index (χ1v) is 4.94. The van der Waals surface area contributed by atoms with Crippen molar-refractivity contribution < 1.29 is 0 Å². The molecule has 1 aromatic carbocycles. The predicted molar refractivity (Wildman–Crippen MR) is 64.5 cm³/mol. The van der Waals surface area contributed by atoms with Gasteiger partial charge < -0.3 is 0 Å². The van der Waals surface area contributed by atoms with Crippen LogP contribution >= 0.6 is 0 Å². The van der Waals surface area contributed by atoms with E-state index in [1.54, 1.807) is 18.3 Å². The predicted octanol–water partition coefficient (Wildman–Crippen LogP) is 3.26. The Morgan fingerprint density at radius 1 is 1.19 bits per heavy atom. The van der Waals surface area contributed by atoms with Gasteiger partial charge in [-0.2, -0.15) is 5.26 Å². The van der Waals surface area contributed by atoms with Crippen LogP contribution in [0, 0.1) is 11.3 Å². The Hall–Kier alpha value is -2.40. The van der Waals surface area contributed by atoms with Gasteiger partial charge in [0.15, 0.2) is 0 Å². The Labute approximate surface area is 94.5 Å². The molecule has 1 heterocycles. The Morgan fingerprint density at radius 2 is 1.94 bits per heavy atom. The highest BCUT2D eigenvalue weighted by atomic mass is 14.7. The van der Waals surface area contributed by atoms with E-state index < -0.39 is 0 Å². The summed E-state index contributed by atoms with van der Waals surface area (Å²) in [6, 6.07) is 13.6. The van der Waals surface area contributed by atoms with E-state index in [4.69, 9.17) is 5.26 Å². The van der Waals surface area contributed by atoms with E-state index in [0.717, 1.165) is 11.1 Å². The van der Waals surface area contributed by atoms with Crippen molar-refractivity contribution >= 4 is 6.08 Å². The van der Waals surface area contributed by atoms with Crippen molar-refractivity contribution in [3.8, 4) is 17.3 Å². The molecule has 0 atom stereocenters. The molecule has 0 spiro atoms. The summed E-state index contributed by atoms with van der Waals surface area (Å²) in [4.78, 5) is 4.26. The molecule has 2 nitrogen and oxygen atoms in total. The molecular formula is C14H10N2. The first-order valence-electron chi connectivity index (χ1n) is 4.94. The number of nitrogens with zero attached hydrogens (tertiary/aromatic N) is 2. The van der Waals surface area contributed by atoms with Crippen LogP contribution in [0.25, 0.3) is 17.3 Å². The first kappa shape index (κ1) is 10.1. The van der Waals surface area contributed by atoms with Gasteiger partial charge in [0.25, 0.3) is 0 Å². The maximum absolute atomic E-state index is 9.15. The van der Waals surface area contributed by atoms with Gasteiger partial charge in [0.1, 0.15) is 6.07 Å². The van der Waals surface area contributed by atoms with E-state index in [9.17, 15) is 0 Å². The van der Waals surface area contributed by atoms with E-state index in [1.165, 1.54) is 0 Å². The van der Waals surface area contributed by atoms with Crippen molar-refractivity contribution in [2.45, 2.75) is 0 Å². The van der Waals surface area contributed by atoms with Crippen LogP contribution < -0.4 is 0 Å². The minimum absolute atomic E-state index is 0.573. The zero-order valence-electron chi connectivity index (χ0n) is 8.72. The summed E-state index contributed by atoms with van der Waals surface area (Å²) in [5.74, 6) is 0. The summed E-state index contributed by atoms with van der Waals surface area (Å²) < 4.78 is 0. The van der Waals surface area contributed by atoms with E-state index in [0.29, 0.717) is 11.3 Å². The van der Waals surface area contributed by atoms with Gasteiger partial charge >= 0.3 is 0 Å². The third-order valence-corrected chi connectivity index (χ3v) is 2.36. The van der Waals surface area contributed by atoms with Crippen molar-refractivity contribution in [1.82, 2.24) is 4.98 Å². The molecule has 0 N–H and O–H groups in total. The number of benzene rings is 1. The normalized spacial score (nSPS) is 9.44. The maximum Gasteiger partial charge on any atom is 0.102 e. The summed E-state index contributed by atoms with van der Waals surface area (Å²) in [5, 5.41) is 9.15. The molecule has 0 saturated carbocycles. The van der Waals surface area contributed by atoms with Crippen LogP contribution in [0.3, 0.4) is 0 Å². The van der Waals surface area contributed by atoms with Crippen LogP contribution in [0.5, 0.6) is 0 Å². The lowest BCUT2D eigenvalue weighted by Gasteiger charge is -2.05. The standard InChI is InChI=1S/C14H10N2/c1-2-11-8-9-16-14(13(11)10-15)12-6-4-3-5-7-12/h2-9H,1H2. The first-order chi connectivity index (χ1) is 7.86. The van der Waals surface area contributed by atoms with Crippen LogP contribution in [0.1, 0.15) is 11.1 Å². The minimum Gasteiger partial charge on any atom is -0.255 e. The van der Waals surface area contributed by atoms with E-state index in [2.05, 4.69) is 17.6 Å². The molecule has 0 amide bonds. The summed E-state index contributed by atoms with van der Waals surface area (Å²) >= 11 is 0. The van der Waals surface area contributed by atoms with Crippen LogP contribution in [-0.2, 0) is 0 Å². The summed E-state index contributed by atoms with van der Waals surface area (Å²) in [6.07, 6.45) is 3.37. The molecule has 2 heteroatoms. The van der Waals surface area contributed by atoms with Gasteiger partial charge in [-0.15, -0.1) is 0 Å².